The molecule has 0 aliphatic carbocycles. The van der Waals surface area contributed by atoms with Gasteiger partial charge >= 0.3 is 0 Å². The summed E-state index contributed by atoms with van der Waals surface area (Å²) in [4.78, 5) is 15.4. The lowest BCUT2D eigenvalue weighted by Gasteiger charge is -2.28. The lowest BCUT2D eigenvalue weighted by atomic mass is 10.2. The number of rotatable bonds is 3. The summed E-state index contributed by atoms with van der Waals surface area (Å²) in [6, 6.07) is 3.63. The highest BCUT2D eigenvalue weighted by molar-refractivity contribution is 6.29. The van der Waals surface area contributed by atoms with E-state index >= 15 is 0 Å². The Morgan fingerprint density at radius 1 is 1.17 bits per heavy atom. The summed E-state index contributed by atoms with van der Waals surface area (Å²) in [5.74, 6) is 0.795. The fourth-order valence-electron chi connectivity index (χ4n) is 2.83. The van der Waals surface area contributed by atoms with Gasteiger partial charge in [-0.15, -0.1) is 0 Å². The fraction of sp³-hybridized carbons (Fsp3) is 0.312. The molecule has 8 heteroatoms. The molecule has 1 aliphatic rings. The second-order valence-corrected chi connectivity index (χ2v) is 5.91. The zero-order valence-corrected chi connectivity index (χ0v) is 13.6. The first-order chi connectivity index (χ1) is 11.8. The van der Waals surface area contributed by atoms with Gasteiger partial charge in [0.1, 0.15) is 5.15 Å². The normalized spacial score (nSPS) is 15.2. The molecule has 24 heavy (non-hydrogen) atoms. The summed E-state index contributed by atoms with van der Waals surface area (Å²) in [6.07, 6.45) is 5.32. The summed E-state index contributed by atoms with van der Waals surface area (Å²) in [5, 5.41) is 9.92. The van der Waals surface area contributed by atoms with E-state index in [0.29, 0.717) is 29.7 Å². The zero-order valence-electron chi connectivity index (χ0n) is 12.9. The van der Waals surface area contributed by atoms with Crippen LogP contribution in [0.3, 0.4) is 0 Å². The van der Waals surface area contributed by atoms with E-state index in [2.05, 4.69) is 19.9 Å². The second kappa shape index (κ2) is 6.35. The van der Waals surface area contributed by atoms with Gasteiger partial charge in [-0.1, -0.05) is 11.6 Å². The Balaban J connectivity index is 1.87. The van der Waals surface area contributed by atoms with Gasteiger partial charge in [0.25, 0.3) is 0 Å². The Bertz CT molecular complexity index is 859. The van der Waals surface area contributed by atoms with Gasteiger partial charge in [-0.05, 0) is 12.1 Å². The smallest absolute Gasteiger partial charge is 0.181 e. The number of aliphatic hydroxyl groups is 1. The molecule has 0 bridgehead atoms. The van der Waals surface area contributed by atoms with Crippen molar-refractivity contribution in [1.82, 2.24) is 19.4 Å². The molecular weight excluding hydrogens is 330 g/mol. The van der Waals surface area contributed by atoms with Crippen LogP contribution in [0, 0.1) is 0 Å². The van der Waals surface area contributed by atoms with E-state index in [9.17, 15) is 5.11 Å². The van der Waals surface area contributed by atoms with E-state index in [4.69, 9.17) is 16.3 Å². The molecule has 0 aromatic carbocycles. The third-order valence-corrected chi connectivity index (χ3v) is 4.24. The predicted molar refractivity (Wildman–Crippen MR) is 90.2 cm³/mol. The van der Waals surface area contributed by atoms with Crippen LogP contribution < -0.4 is 4.90 Å². The van der Waals surface area contributed by atoms with Gasteiger partial charge < -0.3 is 14.7 Å². The zero-order chi connectivity index (χ0) is 16.5. The molecule has 3 aromatic rings. The number of aliphatic hydroxyl groups excluding tert-OH is 1. The first-order valence-corrected chi connectivity index (χ1v) is 8.06. The minimum atomic E-state index is -0.122. The first kappa shape index (κ1) is 15.3. The van der Waals surface area contributed by atoms with Crippen LogP contribution in [-0.2, 0) is 11.3 Å². The summed E-state index contributed by atoms with van der Waals surface area (Å²) < 4.78 is 7.35. The molecule has 1 saturated heterocycles. The van der Waals surface area contributed by atoms with Crippen molar-refractivity contribution in [3.63, 3.8) is 0 Å². The quantitative estimate of drug-likeness (QED) is 0.729. The van der Waals surface area contributed by atoms with Crippen LogP contribution in [0.15, 0.2) is 30.7 Å². The molecule has 0 unspecified atom stereocenters. The molecule has 124 valence electrons. The molecular formula is C16H16ClN5O2. The summed E-state index contributed by atoms with van der Waals surface area (Å²) in [6.45, 7) is 2.76. The number of imidazole rings is 1. The number of anilines is 1. The number of halogens is 1. The number of fused-ring (bicyclic) bond motifs is 1. The molecule has 3 aromatic heterocycles. The van der Waals surface area contributed by atoms with Crippen molar-refractivity contribution in [3.8, 4) is 11.3 Å². The maximum Gasteiger partial charge on any atom is 0.181 e. The van der Waals surface area contributed by atoms with Crippen LogP contribution in [0.5, 0.6) is 0 Å². The third-order valence-electron chi connectivity index (χ3n) is 4.02. The van der Waals surface area contributed by atoms with Gasteiger partial charge in [0.05, 0.1) is 37.4 Å². The molecule has 1 fully saturated rings. The number of pyridine rings is 1. The number of aromatic nitrogens is 4. The lowest BCUT2D eigenvalue weighted by molar-refractivity contribution is 0.122. The predicted octanol–water partition coefficient (Wildman–Crippen LogP) is 1.77. The molecule has 0 radical (unpaired) electrons. The molecule has 4 rings (SSSR count). The van der Waals surface area contributed by atoms with E-state index < -0.39 is 0 Å². The molecule has 7 nitrogen and oxygen atoms in total. The van der Waals surface area contributed by atoms with Crippen molar-refractivity contribution >= 4 is 23.1 Å². The van der Waals surface area contributed by atoms with Gasteiger partial charge in [-0.2, -0.15) is 0 Å². The number of ether oxygens (including phenoxy) is 1. The minimum Gasteiger partial charge on any atom is -0.390 e. The lowest BCUT2D eigenvalue weighted by Crippen LogP contribution is -2.37. The van der Waals surface area contributed by atoms with Crippen molar-refractivity contribution in [3.05, 3.63) is 41.6 Å². The highest BCUT2D eigenvalue weighted by Gasteiger charge is 2.19. The molecule has 1 aliphatic heterocycles. The van der Waals surface area contributed by atoms with Crippen molar-refractivity contribution < 1.29 is 9.84 Å². The topological polar surface area (TPSA) is 75.8 Å². The van der Waals surface area contributed by atoms with Gasteiger partial charge in [0.2, 0.25) is 0 Å². The van der Waals surface area contributed by atoms with Gasteiger partial charge in [-0.25, -0.2) is 15.0 Å². The molecule has 0 spiro atoms. The maximum atomic E-state index is 9.48. The SMILES string of the molecule is OCc1cn2c(-c3ccc(Cl)nc3)cnc(N3CCOCC3)c2n1. The second-order valence-electron chi connectivity index (χ2n) is 5.52. The van der Waals surface area contributed by atoms with Gasteiger partial charge in [-0.3, -0.25) is 4.40 Å². The first-order valence-electron chi connectivity index (χ1n) is 7.69. The van der Waals surface area contributed by atoms with Crippen LogP contribution in [0.25, 0.3) is 16.9 Å². The standard InChI is InChI=1S/C16H16ClN5O2/c17-14-2-1-11(7-18-14)13-8-19-15(21-3-5-24-6-4-21)16-20-12(10-23)9-22(13)16/h1-2,7-9,23H,3-6,10H2. The number of nitrogens with zero attached hydrogens (tertiary/aromatic N) is 5. The Kier molecular flexibility index (Phi) is 4.05. The van der Waals surface area contributed by atoms with Crippen molar-refractivity contribution in [2.45, 2.75) is 6.61 Å². The fourth-order valence-corrected chi connectivity index (χ4v) is 2.94. The monoisotopic (exact) mass is 345 g/mol. The Labute approximate surface area is 143 Å². The molecule has 0 saturated carbocycles. The van der Waals surface area contributed by atoms with Crippen molar-refractivity contribution in [2.24, 2.45) is 0 Å². The summed E-state index contributed by atoms with van der Waals surface area (Å²) >= 11 is 5.87. The van der Waals surface area contributed by atoms with Crippen LogP contribution in [0.1, 0.15) is 5.69 Å². The Morgan fingerprint density at radius 2 is 2.00 bits per heavy atom. The minimum absolute atomic E-state index is 0.122. The molecule has 4 heterocycles. The highest BCUT2D eigenvalue weighted by Crippen LogP contribution is 2.27. The van der Waals surface area contributed by atoms with E-state index in [1.54, 1.807) is 18.5 Å². The van der Waals surface area contributed by atoms with E-state index in [0.717, 1.165) is 30.2 Å². The Hall–Kier alpha value is -2.22. The number of morpholine rings is 1. The van der Waals surface area contributed by atoms with E-state index in [-0.39, 0.29) is 6.61 Å². The van der Waals surface area contributed by atoms with Crippen LogP contribution in [0.4, 0.5) is 5.82 Å². The number of hydrogen-bond acceptors (Lipinski definition) is 6. The van der Waals surface area contributed by atoms with Crippen LogP contribution in [-0.4, -0.2) is 50.8 Å². The summed E-state index contributed by atoms with van der Waals surface area (Å²) in [5.41, 5.74) is 3.04. The van der Waals surface area contributed by atoms with E-state index in [1.165, 1.54) is 0 Å². The largest absolute Gasteiger partial charge is 0.390 e. The molecule has 0 atom stereocenters. The average molecular weight is 346 g/mol. The Morgan fingerprint density at radius 3 is 2.71 bits per heavy atom. The maximum absolute atomic E-state index is 9.48. The highest BCUT2D eigenvalue weighted by atomic mass is 35.5. The van der Waals surface area contributed by atoms with Crippen molar-refractivity contribution in [2.75, 3.05) is 31.2 Å². The van der Waals surface area contributed by atoms with Crippen molar-refractivity contribution in [1.29, 1.82) is 0 Å². The van der Waals surface area contributed by atoms with E-state index in [1.807, 2.05) is 16.7 Å². The molecule has 0 amide bonds. The van der Waals surface area contributed by atoms with Gasteiger partial charge in [0.15, 0.2) is 11.5 Å². The molecule has 1 N–H and O–H groups in total. The number of hydrogen-bond donors (Lipinski definition) is 1. The van der Waals surface area contributed by atoms with Crippen LogP contribution in [0.2, 0.25) is 5.15 Å². The van der Waals surface area contributed by atoms with Crippen LogP contribution >= 0.6 is 11.6 Å². The summed E-state index contributed by atoms with van der Waals surface area (Å²) in [7, 11) is 0. The van der Waals surface area contributed by atoms with Gasteiger partial charge in [0, 0.05) is 31.0 Å². The average Bonchev–Trinajstić information content (AvgIpc) is 3.07. The third kappa shape index (κ3) is 2.71.